The third-order valence-corrected chi connectivity index (χ3v) is 9.77. The minimum Gasteiger partial charge on any atom is -0.412 e. The first-order valence-electron chi connectivity index (χ1n) is 6.23. The molecule has 1 aliphatic carbocycles. The van der Waals surface area contributed by atoms with Crippen molar-refractivity contribution in [3.05, 3.63) is 11.6 Å². The second-order valence-electron chi connectivity index (χ2n) is 5.67. The number of hydrogen-bond acceptors (Lipinski definition) is 1. The van der Waals surface area contributed by atoms with Crippen molar-refractivity contribution in [2.75, 3.05) is 6.61 Å². The molecule has 1 nitrogen and oxygen atoms in total. The molecule has 0 aromatic heterocycles. The van der Waals surface area contributed by atoms with Gasteiger partial charge in [-0.1, -0.05) is 47.6 Å². The van der Waals surface area contributed by atoms with Crippen molar-refractivity contribution in [2.45, 2.75) is 64.6 Å². The van der Waals surface area contributed by atoms with E-state index in [1.807, 2.05) is 0 Å². The van der Waals surface area contributed by atoms with Crippen LogP contribution in [0.5, 0.6) is 0 Å². The molecule has 0 saturated carbocycles. The Labute approximate surface area is 96.0 Å². The maximum atomic E-state index is 6.41. The summed E-state index contributed by atoms with van der Waals surface area (Å²) in [6, 6.07) is 0. The molecule has 0 N–H and O–H groups in total. The molecular formula is C13H26OSi. The summed E-state index contributed by atoms with van der Waals surface area (Å²) in [6.45, 7) is 14.9. The third-order valence-electron chi connectivity index (χ3n) is 3.71. The van der Waals surface area contributed by atoms with E-state index in [1.165, 1.54) is 12.0 Å². The molecular weight excluding hydrogens is 200 g/mol. The zero-order valence-electron chi connectivity index (χ0n) is 11.1. The van der Waals surface area contributed by atoms with E-state index in [9.17, 15) is 0 Å². The first-order valence-corrected chi connectivity index (χ1v) is 8.37. The lowest BCUT2D eigenvalue weighted by molar-refractivity contribution is 0.310. The highest BCUT2D eigenvalue weighted by molar-refractivity contribution is 6.77. The van der Waals surface area contributed by atoms with Crippen LogP contribution in [0.25, 0.3) is 0 Å². The Morgan fingerprint density at radius 1 is 1.07 bits per heavy atom. The van der Waals surface area contributed by atoms with Crippen molar-refractivity contribution in [1.82, 2.24) is 0 Å². The lowest BCUT2D eigenvalue weighted by atomic mass is 10.5. The van der Waals surface area contributed by atoms with Gasteiger partial charge >= 0.3 is 0 Å². The predicted molar refractivity (Wildman–Crippen MR) is 69.7 cm³/mol. The van der Waals surface area contributed by atoms with Crippen molar-refractivity contribution in [1.29, 1.82) is 0 Å². The number of rotatable bonds is 6. The van der Waals surface area contributed by atoms with E-state index >= 15 is 0 Å². The summed E-state index contributed by atoms with van der Waals surface area (Å²) in [5.74, 6) is 0. The maximum Gasteiger partial charge on any atom is 0.200 e. The van der Waals surface area contributed by atoms with Crippen molar-refractivity contribution < 1.29 is 4.43 Å². The average Bonchev–Trinajstić information content (AvgIpc) is 2.86. The molecule has 0 aromatic rings. The van der Waals surface area contributed by atoms with Gasteiger partial charge in [0.25, 0.3) is 0 Å². The fourth-order valence-electron chi connectivity index (χ4n) is 2.91. The highest BCUT2D eigenvalue weighted by atomic mass is 28.4. The Morgan fingerprint density at radius 2 is 1.47 bits per heavy atom. The summed E-state index contributed by atoms with van der Waals surface area (Å²) in [6.07, 6.45) is 3.47. The van der Waals surface area contributed by atoms with Crippen LogP contribution in [-0.4, -0.2) is 14.9 Å². The molecule has 1 aliphatic rings. The zero-order valence-corrected chi connectivity index (χ0v) is 12.1. The largest absolute Gasteiger partial charge is 0.412 e. The van der Waals surface area contributed by atoms with Gasteiger partial charge in [-0.15, -0.1) is 0 Å². The van der Waals surface area contributed by atoms with Gasteiger partial charge in [0.1, 0.15) is 0 Å². The Kier molecular flexibility index (Phi) is 4.18. The van der Waals surface area contributed by atoms with E-state index < -0.39 is 8.32 Å². The SMILES string of the molecule is CC(C)[Si](OCC1=CC1)(C(C)C)C(C)C. The van der Waals surface area contributed by atoms with Crippen LogP contribution >= 0.6 is 0 Å². The lowest BCUT2D eigenvalue weighted by Crippen LogP contribution is -2.47. The lowest BCUT2D eigenvalue weighted by Gasteiger charge is -2.42. The molecule has 0 spiro atoms. The van der Waals surface area contributed by atoms with Crippen LogP contribution in [0.3, 0.4) is 0 Å². The molecule has 0 saturated heterocycles. The minimum atomic E-state index is -1.59. The molecule has 0 heterocycles. The molecule has 0 unspecified atom stereocenters. The summed E-state index contributed by atoms with van der Waals surface area (Å²) >= 11 is 0. The van der Waals surface area contributed by atoms with Crippen LogP contribution in [0.4, 0.5) is 0 Å². The van der Waals surface area contributed by atoms with E-state index in [0.29, 0.717) is 16.6 Å². The van der Waals surface area contributed by atoms with E-state index in [0.717, 1.165) is 6.61 Å². The first-order chi connectivity index (χ1) is 6.91. The summed E-state index contributed by atoms with van der Waals surface area (Å²) in [5.41, 5.74) is 3.62. The van der Waals surface area contributed by atoms with E-state index in [1.54, 1.807) is 0 Å². The molecule has 15 heavy (non-hydrogen) atoms. The highest BCUT2D eigenvalue weighted by Crippen LogP contribution is 2.42. The fourth-order valence-corrected chi connectivity index (χ4v) is 8.34. The van der Waals surface area contributed by atoms with E-state index in [-0.39, 0.29) is 0 Å². The molecule has 0 fully saturated rings. The van der Waals surface area contributed by atoms with Crippen LogP contribution in [0, 0.1) is 0 Å². The maximum absolute atomic E-state index is 6.41. The second kappa shape index (κ2) is 4.83. The summed E-state index contributed by atoms with van der Waals surface area (Å²) in [7, 11) is -1.59. The third kappa shape index (κ3) is 2.73. The molecule has 0 amide bonds. The van der Waals surface area contributed by atoms with Gasteiger partial charge < -0.3 is 4.43 Å². The van der Waals surface area contributed by atoms with Crippen LogP contribution in [-0.2, 0) is 4.43 Å². The molecule has 0 bridgehead atoms. The van der Waals surface area contributed by atoms with E-state index in [2.05, 4.69) is 47.6 Å². The minimum absolute atomic E-state index is 0.705. The van der Waals surface area contributed by atoms with Gasteiger partial charge in [-0.3, -0.25) is 0 Å². The average molecular weight is 226 g/mol. The van der Waals surface area contributed by atoms with Crippen LogP contribution in [0.2, 0.25) is 16.6 Å². The number of hydrogen-bond donors (Lipinski definition) is 0. The molecule has 0 radical (unpaired) electrons. The van der Waals surface area contributed by atoms with Gasteiger partial charge in [0.15, 0.2) is 0 Å². The van der Waals surface area contributed by atoms with Gasteiger partial charge in [0.2, 0.25) is 8.32 Å². The van der Waals surface area contributed by atoms with Crippen LogP contribution < -0.4 is 0 Å². The Hall–Kier alpha value is -0.0831. The second-order valence-corrected chi connectivity index (χ2v) is 11.1. The monoisotopic (exact) mass is 226 g/mol. The molecule has 0 aliphatic heterocycles. The van der Waals surface area contributed by atoms with Crippen molar-refractivity contribution >= 4 is 8.32 Å². The normalized spacial score (nSPS) is 16.5. The van der Waals surface area contributed by atoms with Crippen molar-refractivity contribution in [2.24, 2.45) is 0 Å². The predicted octanol–water partition coefficient (Wildman–Crippen LogP) is 4.51. The Balaban J connectivity index is 2.74. The van der Waals surface area contributed by atoms with Crippen molar-refractivity contribution in [3.8, 4) is 0 Å². The molecule has 1 rings (SSSR count). The van der Waals surface area contributed by atoms with Crippen LogP contribution in [0.1, 0.15) is 48.0 Å². The van der Waals surface area contributed by atoms with Gasteiger partial charge in [0, 0.05) is 0 Å². The van der Waals surface area contributed by atoms with Crippen LogP contribution in [0.15, 0.2) is 11.6 Å². The number of allylic oxidation sites excluding steroid dienone is 1. The van der Waals surface area contributed by atoms with Crippen molar-refractivity contribution in [3.63, 3.8) is 0 Å². The summed E-state index contributed by atoms with van der Waals surface area (Å²) < 4.78 is 6.41. The zero-order chi connectivity index (χ0) is 11.6. The first kappa shape index (κ1) is 13.0. The Bertz CT molecular complexity index is 219. The van der Waals surface area contributed by atoms with E-state index in [4.69, 9.17) is 4.43 Å². The Morgan fingerprint density at radius 3 is 1.73 bits per heavy atom. The standard InChI is InChI=1S/C13H26OSi/c1-10(2)15(11(3)4,12(5)6)14-9-13-7-8-13/h7,10-12H,8-9H2,1-6H3. The summed E-state index contributed by atoms with van der Waals surface area (Å²) in [5, 5.41) is 0. The highest BCUT2D eigenvalue weighted by Gasteiger charge is 2.45. The molecule has 88 valence electrons. The topological polar surface area (TPSA) is 9.23 Å². The molecule has 0 aromatic carbocycles. The quantitative estimate of drug-likeness (QED) is 0.478. The molecule has 2 heteroatoms. The molecule has 0 atom stereocenters. The van der Waals surface area contributed by atoms with Gasteiger partial charge in [-0.2, -0.15) is 0 Å². The van der Waals surface area contributed by atoms with Gasteiger partial charge in [-0.05, 0) is 28.6 Å². The smallest absolute Gasteiger partial charge is 0.200 e. The fraction of sp³-hybridized carbons (Fsp3) is 0.846. The van der Waals surface area contributed by atoms with Gasteiger partial charge in [0.05, 0.1) is 6.61 Å². The summed E-state index contributed by atoms with van der Waals surface area (Å²) in [4.78, 5) is 0. The van der Waals surface area contributed by atoms with Gasteiger partial charge in [-0.25, -0.2) is 0 Å².